The molecule has 1 N–H and O–H groups in total. The van der Waals surface area contributed by atoms with Crippen molar-refractivity contribution in [2.75, 3.05) is 19.6 Å². The van der Waals surface area contributed by atoms with E-state index < -0.39 is 10.0 Å². The minimum Gasteiger partial charge on any atom is -0.299 e. The van der Waals surface area contributed by atoms with Crippen molar-refractivity contribution in [1.82, 2.24) is 24.6 Å². The Balaban J connectivity index is 1.03. The quantitative estimate of drug-likeness (QED) is 0.209. The summed E-state index contributed by atoms with van der Waals surface area (Å²) in [7, 11) is -3.62. The van der Waals surface area contributed by atoms with E-state index in [1.165, 1.54) is 5.56 Å². The highest BCUT2D eigenvalue weighted by atomic mass is 32.2. The predicted octanol–water partition coefficient (Wildman–Crippen LogP) is 6.70. The molecule has 0 bridgehead atoms. The number of hydrogen-bond acceptors (Lipinski definition) is 6. The third kappa shape index (κ3) is 6.10. The van der Waals surface area contributed by atoms with Crippen LogP contribution in [0.2, 0.25) is 0 Å². The monoisotopic (exact) mass is 599 g/mol. The molecule has 44 heavy (non-hydrogen) atoms. The Hall–Kier alpha value is -4.50. The summed E-state index contributed by atoms with van der Waals surface area (Å²) < 4.78 is 29.0. The van der Waals surface area contributed by atoms with Crippen LogP contribution in [0.15, 0.2) is 120 Å². The lowest BCUT2D eigenvalue weighted by Gasteiger charge is -2.32. The number of nitrogens with zero attached hydrogens (tertiary/aromatic N) is 4. The maximum atomic E-state index is 13.1. The lowest BCUT2D eigenvalue weighted by atomic mass is 9.97. The molecule has 4 aromatic carbocycles. The molecule has 8 heteroatoms. The highest BCUT2D eigenvalue weighted by Gasteiger charge is 2.23. The summed E-state index contributed by atoms with van der Waals surface area (Å²) in [4.78, 5) is 17.0. The van der Waals surface area contributed by atoms with Gasteiger partial charge in [-0.15, -0.1) is 0 Å². The molecule has 0 aliphatic carbocycles. The zero-order chi connectivity index (χ0) is 29.9. The first kappa shape index (κ1) is 28.3. The minimum atomic E-state index is -3.62. The maximum absolute atomic E-state index is 13.1. The molecule has 7 nitrogen and oxygen atoms in total. The average Bonchev–Trinajstić information content (AvgIpc) is 3.07. The summed E-state index contributed by atoms with van der Waals surface area (Å²) in [5, 5.41) is 0.921. The Kier molecular flexibility index (Phi) is 7.87. The van der Waals surface area contributed by atoms with Crippen LogP contribution >= 0.6 is 0 Å². The van der Waals surface area contributed by atoms with Crippen molar-refractivity contribution in [2.24, 2.45) is 5.92 Å². The minimum absolute atomic E-state index is 0.248. The number of piperidine rings is 1. The molecule has 1 atom stereocenters. The standard InChI is InChI=1S/C36H33N5O2S/c42-44(43,31-19-18-28-11-6-20-37-34(28)22-31)38-23-27-8-7-21-41(25-27)24-26-14-16-30(17-15-26)36-35(29-9-2-1-3-10-29)39-32-12-4-5-13-33(32)40-36/h1-6,9-20,22,27,38H,7-8,21,23-25H2. The van der Waals surface area contributed by atoms with Crippen molar-refractivity contribution in [2.45, 2.75) is 24.3 Å². The number of benzene rings is 4. The molecule has 1 aliphatic heterocycles. The topological polar surface area (TPSA) is 88.1 Å². The van der Waals surface area contributed by atoms with Crippen LogP contribution in [-0.2, 0) is 16.6 Å². The van der Waals surface area contributed by atoms with E-state index in [2.05, 4.69) is 51.0 Å². The van der Waals surface area contributed by atoms with Crippen molar-refractivity contribution >= 4 is 32.0 Å². The first-order valence-corrected chi connectivity index (χ1v) is 16.5. The van der Waals surface area contributed by atoms with Gasteiger partial charge in [-0.25, -0.2) is 23.1 Å². The van der Waals surface area contributed by atoms with Gasteiger partial charge in [0.1, 0.15) is 0 Å². The molecule has 3 heterocycles. The van der Waals surface area contributed by atoms with E-state index in [0.29, 0.717) is 12.1 Å². The van der Waals surface area contributed by atoms with Gasteiger partial charge in [0.25, 0.3) is 0 Å². The van der Waals surface area contributed by atoms with Gasteiger partial charge in [-0.1, -0.05) is 78.9 Å². The van der Waals surface area contributed by atoms with Crippen molar-refractivity contribution in [3.8, 4) is 22.5 Å². The molecule has 0 radical (unpaired) electrons. The Labute approximate surface area is 257 Å². The van der Waals surface area contributed by atoms with Gasteiger partial charge < -0.3 is 0 Å². The second-order valence-corrected chi connectivity index (χ2v) is 13.2. The van der Waals surface area contributed by atoms with Gasteiger partial charge in [0.05, 0.1) is 32.8 Å². The Morgan fingerprint density at radius 1 is 0.750 bits per heavy atom. The van der Waals surface area contributed by atoms with Crippen LogP contribution in [0.25, 0.3) is 44.5 Å². The van der Waals surface area contributed by atoms with Gasteiger partial charge >= 0.3 is 0 Å². The first-order valence-electron chi connectivity index (χ1n) is 15.0. The van der Waals surface area contributed by atoms with Crippen molar-refractivity contribution < 1.29 is 8.42 Å². The van der Waals surface area contributed by atoms with Crippen molar-refractivity contribution in [3.63, 3.8) is 0 Å². The molecule has 1 unspecified atom stereocenters. The summed E-state index contributed by atoms with van der Waals surface area (Å²) in [6, 6.07) is 35.7. The van der Waals surface area contributed by atoms with Gasteiger partial charge in [-0.05, 0) is 61.2 Å². The fourth-order valence-corrected chi connectivity index (χ4v) is 7.15. The Bertz CT molecular complexity index is 2030. The SMILES string of the molecule is O=S(=O)(NCC1CCCN(Cc2ccc(-c3nc4ccccc4nc3-c3ccccc3)cc2)C1)c1ccc2cccnc2c1. The van der Waals surface area contributed by atoms with Crippen LogP contribution < -0.4 is 4.72 Å². The second-order valence-electron chi connectivity index (χ2n) is 11.4. The van der Waals surface area contributed by atoms with E-state index in [1.807, 2.05) is 54.6 Å². The van der Waals surface area contributed by atoms with Crippen LogP contribution in [-0.4, -0.2) is 47.9 Å². The maximum Gasteiger partial charge on any atom is 0.240 e. The number of para-hydroxylation sites is 2. The van der Waals surface area contributed by atoms with Gasteiger partial charge in [0.2, 0.25) is 10.0 Å². The van der Waals surface area contributed by atoms with Crippen LogP contribution in [0.1, 0.15) is 18.4 Å². The molecule has 220 valence electrons. The third-order valence-electron chi connectivity index (χ3n) is 8.30. The van der Waals surface area contributed by atoms with Gasteiger partial charge in [0, 0.05) is 42.3 Å². The number of pyridine rings is 1. The summed E-state index contributed by atoms with van der Waals surface area (Å²) in [5.74, 6) is 0.248. The Morgan fingerprint density at radius 3 is 2.20 bits per heavy atom. The molecule has 2 aromatic heterocycles. The van der Waals surface area contributed by atoms with E-state index in [-0.39, 0.29) is 10.8 Å². The van der Waals surface area contributed by atoms with Crippen molar-refractivity contribution in [1.29, 1.82) is 0 Å². The van der Waals surface area contributed by atoms with Crippen LogP contribution in [0.4, 0.5) is 0 Å². The number of sulfonamides is 1. The zero-order valence-electron chi connectivity index (χ0n) is 24.3. The third-order valence-corrected chi connectivity index (χ3v) is 9.73. The fourth-order valence-electron chi connectivity index (χ4n) is 6.01. The van der Waals surface area contributed by atoms with Crippen LogP contribution in [0.5, 0.6) is 0 Å². The lowest BCUT2D eigenvalue weighted by molar-refractivity contribution is 0.169. The highest BCUT2D eigenvalue weighted by molar-refractivity contribution is 7.89. The first-order chi connectivity index (χ1) is 21.5. The molecule has 0 spiro atoms. The number of nitrogens with one attached hydrogen (secondary N) is 1. The zero-order valence-corrected chi connectivity index (χ0v) is 25.1. The molecule has 1 fully saturated rings. The van der Waals surface area contributed by atoms with Gasteiger partial charge in [-0.3, -0.25) is 9.88 Å². The second kappa shape index (κ2) is 12.2. The molecular formula is C36H33N5O2S. The molecule has 0 saturated carbocycles. The summed E-state index contributed by atoms with van der Waals surface area (Å²) >= 11 is 0. The van der Waals surface area contributed by atoms with E-state index in [9.17, 15) is 8.42 Å². The normalized spacial score (nSPS) is 16.0. The number of aromatic nitrogens is 3. The highest BCUT2D eigenvalue weighted by Crippen LogP contribution is 2.31. The van der Waals surface area contributed by atoms with E-state index >= 15 is 0 Å². The van der Waals surface area contributed by atoms with Crippen LogP contribution in [0, 0.1) is 5.92 Å². The van der Waals surface area contributed by atoms with Crippen molar-refractivity contribution in [3.05, 3.63) is 121 Å². The lowest BCUT2D eigenvalue weighted by Crippen LogP contribution is -2.40. The molecule has 1 saturated heterocycles. The fraction of sp³-hybridized carbons (Fsp3) is 0.194. The Morgan fingerprint density at radius 2 is 1.45 bits per heavy atom. The number of likely N-dealkylation sites (tertiary alicyclic amines) is 1. The molecule has 7 rings (SSSR count). The largest absolute Gasteiger partial charge is 0.299 e. The predicted molar refractivity (Wildman–Crippen MR) is 175 cm³/mol. The summed E-state index contributed by atoms with van der Waals surface area (Å²) in [6.45, 7) is 3.07. The number of rotatable bonds is 8. The smallest absolute Gasteiger partial charge is 0.240 e. The number of fused-ring (bicyclic) bond motifs is 2. The van der Waals surface area contributed by atoms with E-state index in [1.54, 1.807) is 24.4 Å². The molecule has 1 aliphatic rings. The molecule has 6 aromatic rings. The summed E-state index contributed by atoms with van der Waals surface area (Å²) in [5.41, 5.74) is 7.45. The van der Waals surface area contributed by atoms with Crippen LogP contribution in [0.3, 0.4) is 0 Å². The molecular weight excluding hydrogens is 566 g/mol. The molecule has 0 amide bonds. The average molecular weight is 600 g/mol. The van der Waals surface area contributed by atoms with E-state index in [0.717, 1.165) is 71.4 Å². The van der Waals surface area contributed by atoms with E-state index in [4.69, 9.17) is 9.97 Å². The number of hydrogen-bond donors (Lipinski definition) is 1. The van der Waals surface area contributed by atoms with Gasteiger partial charge in [-0.2, -0.15) is 0 Å². The summed E-state index contributed by atoms with van der Waals surface area (Å²) in [6.07, 6.45) is 3.72. The van der Waals surface area contributed by atoms with Gasteiger partial charge in [0.15, 0.2) is 0 Å².